The molecule has 0 aromatic heterocycles. The Morgan fingerprint density at radius 3 is 1.12 bits per heavy atom. The first-order valence-electron chi connectivity index (χ1n) is 1.07. The zero-order valence-electron chi connectivity index (χ0n) is 3.99. The molecule has 0 aromatic rings. The van der Waals surface area contributed by atoms with E-state index in [1.807, 2.05) is 0 Å². The Bertz CT molecular complexity index is 80.0. The Morgan fingerprint density at radius 2 is 1.12 bits per heavy atom. The van der Waals surface area contributed by atoms with E-state index in [0.717, 1.165) is 0 Å². The molecule has 39 valence electrons. The molecule has 0 aliphatic rings. The molecule has 0 amide bonds. The molecule has 0 spiro atoms. The van der Waals surface area contributed by atoms with E-state index >= 15 is 0 Å². The van der Waals surface area contributed by atoms with Gasteiger partial charge in [-0.1, -0.05) is 0 Å². The summed E-state index contributed by atoms with van der Waals surface area (Å²) in [5, 5.41) is 17.9. The minimum Gasteiger partial charge on any atom is -0.543 e. The van der Waals surface area contributed by atoms with Crippen molar-refractivity contribution in [3.63, 3.8) is 0 Å². The monoisotopic (exact) mass is 167 g/mol. The summed E-state index contributed by atoms with van der Waals surface area (Å²) in [5.41, 5.74) is 0. The van der Waals surface area contributed by atoms with E-state index in [9.17, 15) is 0 Å². The van der Waals surface area contributed by atoms with E-state index in [1.54, 1.807) is 0 Å². The van der Waals surface area contributed by atoms with Gasteiger partial charge in [0, 0.05) is 0 Å². The summed E-state index contributed by atoms with van der Waals surface area (Å²) in [4.78, 5) is 17.9. The fourth-order valence-electron chi connectivity index (χ4n) is 0. The molecule has 0 rings (SSSR count). The number of carbonyl (C=O) groups excluding carboxylic acids is 2. The van der Waals surface area contributed by atoms with Crippen LogP contribution in [0.25, 0.3) is 0 Å². The number of carbonyl (C=O) groups is 2. The fourth-order valence-corrected chi connectivity index (χ4v) is 0. The number of carboxylic acid groups (broad SMARTS) is 2. The SMILES string of the molecule is O=C([O-])C(=O)[O-].[Fe+3].[Na+]. The Hall–Kier alpha value is 0.459. The van der Waals surface area contributed by atoms with Crippen LogP contribution in [0.3, 0.4) is 0 Å². The van der Waals surface area contributed by atoms with Crippen molar-refractivity contribution in [1.29, 1.82) is 0 Å². The Morgan fingerprint density at radius 1 is 1.00 bits per heavy atom. The van der Waals surface area contributed by atoms with Crippen molar-refractivity contribution in [1.82, 2.24) is 0 Å². The predicted octanol–water partition coefficient (Wildman–Crippen LogP) is -6.51. The summed E-state index contributed by atoms with van der Waals surface area (Å²) in [6.45, 7) is 0. The number of rotatable bonds is 0. The van der Waals surface area contributed by atoms with Crippen LogP contribution in [0.15, 0.2) is 0 Å². The molecule has 0 fully saturated rings. The molecular formula is C2FeNaO4+2. The quantitative estimate of drug-likeness (QED) is 0.265. The van der Waals surface area contributed by atoms with Crippen LogP contribution in [0.4, 0.5) is 0 Å². The summed E-state index contributed by atoms with van der Waals surface area (Å²) >= 11 is 0. The van der Waals surface area contributed by atoms with Crippen molar-refractivity contribution >= 4 is 11.9 Å². The second kappa shape index (κ2) is 7.46. The van der Waals surface area contributed by atoms with E-state index in [4.69, 9.17) is 19.8 Å². The molecule has 0 aliphatic carbocycles. The summed E-state index contributed by atoms with van der Waals surface area (Å²) in [5.74, 6) is -4.37. The van der Waals surface area contributed by atoms with E-state index in [0.29, 0.717) is 0 Å². The molecule has 0 bridgehead atoms. The van der Waals surface area contributed by atoms with Gasteiger partial charge in [0.2, 0.25) is 0 Å². The third kappa shape index (κ3) is 9.68. The van der Waals surface area contributed by atoms with Crippen molar-refractivity contribution in [2.75, 3.05) is 0 Å². The molecule has 0 saturated carbocycles. The van der Waals surface area contributed by atoms with Crippen LogP contribution >= 0.6 is 0 Å². The summed E-state index contributed by atoms with van der Waals surface area (Å²) < 4.78 is 0. The molecule has 0 aliphatic heterocycles. The molecule has 0 unspecified atom stereocenters. The summed E-state index contributed by atoms with van der Waals surface area (Å²) in [6, 6.07) is 0. The molecule has 0 N–H and O–H groups in total. The van der Waals surface area contributed by atoms with Gasteiger partial charge in [0.05, 0.1) is 11.9 Å². The standard InChI is InChI=1S/C2H2O4.Fe.Na/c3-1(4)2(5)6;;/h(H,3,4)(H,5,6);;/q;+3;+1/p-2. The number of carboxylic acids is 2. The third-order valence-corrected chi connectivity index (χ3v) is 0.167. The van der Waals surface area contributed by atoms with Gasteiger partial charge in [0.15, 0.2) is 0 Å². The van der Waals surface area contributed by atoms with Gasteiger partial charge in [-0.3, -0.25) is 0 Å². The second-order valence-corrected chi connectivity index (χ2v) is 0.575. The van der Waals surface area contributed by atoms with E-state index in [-0.39, 0.29) is 46.6 Å². The van der Waals surface area contributed by atoms with Gasteiger partial charge >= 0.3 is 46.6 Å². The zero-order valence-corrected chi connectivity index (χ0v) is 7.09. The Balaban J connectivity index is -0.000000125. The first kappa shape index (κ1) is 15.8. The van der Waals surface area contributed by atoms with Gasteiger partial charge in [-0.05, 0) is 0 Å². The van der Waals surface area contributed by atoms with Gasteiger partial charge in [-0.2, -0.15) is 0 Å². The average Bonchev–Trinajstić information content (AvgIpc) is 1.36. The van der Waals surface area contributed by atoms with Gasteiger partial charge in [0.25, 0.3) is 0 Å². The van der Waals surface area contributed by atoms with Gasteiger partial charge < -0.3 is 19.8 Å². The van der Waals surface area contributed by atoms with Crippen molar-refractivity contribution in [2.24, 2.45) is 0 Å². The van der Waals surface area contributed by atoms with E-state index in [1.165, 1.54) is 0 Å². The van der Waals surface area contributed by atoms with Crippen LogP contribution < -0.4 is 39.8 Å². The second-order valence-electron chi connectivity index (χ2n) is 0.575. The minimum absolute atomic E-state index is 0. The number of hydrogen-bond donors (Lipinski definition) is 0. The molecule has 0 saturated heterocycles. The van der Waals surface area contributed by atoms with Crippen molar-refractivity contribution in [3.8, 4) is 0 Å². The van der Waals surface area contributed by atoms with Crippen molar-refractivity contribution in [3.05, 3.63) is 0 Å². The zero-order chi connectivity index (χ0) is 5.15. The first-order valence-corrected chi connectivity index (χ1v) is 1.07. The smallest absolute Gasteiger partial charge is 0.543 e. The molecule has 1 radical (unpaired) electrons. The maximum Gasteiger partial charge on any atom is 3.00 e. The third-order valence-electron chi connectivity index (χ3n) is 0.167. The number of aliphatic carboxylic acids is 2. The first-order chi connectivity index (χ1) is 2.64. The normalized spacial score (nSPS) is 5.50. The van der Waals surface area contributed by atoms with Gasteiger partial charge in [0.1, 0.15) is 0 Å². The molecule has 8 heavy (non-hydrogen) atoms. The summed E-state index contributed by atoms with van der Waals surface area (Å²) in [6.07, 6.45) is 0. The predicted molar refractivity (Wildman–Crippen MR) is 10.0 cm³/mol. The fraction of sp³-hybridized carbons (Fsp3) is 0. The molecule has 0 aromatic carbocycles. The molecule has 0 atom stereocenters. The van der Waals surface area contributed by atoms with Crippen LogP contribution in [0, 0.1) is 0 Å². The summed E-state index contributed by atoms with van der Waals surface area (Å²) in [7, 11) is 0. The van der Waals surface area contributed by atoms with Crippen LogP contribution in [0.5, 0.6) is 0 Å². The van der Waals surface area contributed by atoms with Gasteiger partial charge in [-0.15, -0.1) is 0 Å². The minimum atomic E-state index is -2.19. The maximum absolute atomic E-state index is 8.93. The maximum atomic E-state index is 8.93. The van der Waals surface area contributed by atoms with Gasteiger partial charge in [-0.25, -0.2) is 0 Å². The Kier molecular flexibility index (Phi) is 14.7. The largest absolute Gasteiger partial charge is 3.00 e. The Labute approximate surface area is 78.0 Å². The van der Waals surface area contributed by atoms with E-state index < -0.39 is 11.9 Å². The van der Waals surface area contributed by atoms with Crippen molar-refractivity contribution < 1.29 is 66.4 Å². The van der Waals surface area contributed by atoms with Crippen molar-refractivity contribution in [2.45, 2.75) is 0 Å². The van der Waals surface area contributed by atoms with Crippen LogP contribution in [-0.2, 0) is 26.7 Å². The molecular weight excluding hydrogens is 167 g/mol. The van der Waals surface area contributed by atoms with E-state index in [2.05, 4.69) is 0 Å². The topological polar surface area (TPSA) is 80.3 Å². The molecule has 6 heteroatoms. The molecule has 0 heterocycles. The van der Waals surface area contributed by atoms with Crippen LogP contribution in [0.2, 0.25) is 0 Å². The average molecular weight is 167 g/mol. The molecule has 4 nitrogen and oxygen atoms in total. The van der Waals surface area contributed by atoms with Crippen LogP contribution in [-0.4, -0.2) is 11.9 Å². The van der Waals surface area contributed by atoms with Crippen LogP contribution in [0.1, 0.15) is 0 Å². The number of hydrogen-bond acceptors (Lipinski definition) is 4.